The van der Waals surface area contributed by atoms with E-state index in [0.717, 1.165) is 4.47 Å². The average molecular weight is 378 g/mol. The number of carbonyl (C=O) groups excluding carboxylic acids is 2. The van der Waals surface area contributed by atoms with E-state index in [1.807, 2.05) is 6.07 Å². The summed E-state index contributed by atoms with van der Waals surface area (Å²) in [5.41, 5.74) is 1.18. The third kappa shape index (κ3) is 5.34. The fourth-order valence-corrected chi connectivity index (χ4v) is 2.18. The van der Waals surface area contributed by atoms with Crippen molar-refractivity contribution in [2.75, 3.05) is 5.32 Å². The van der Waals surface area contributed by atoms with Crippen LogP contribution in [0.2, 0.25) is 0 Å². The van der Waals surface area contributed by atoms with Crippen molar-refractivity contribution in [2.24, 2.45) is 0 Å². The zero-order chi connectivity index (χ0) is 16.8. The molecule has 4 nitrogen and oxygen atoms in total. The number of esters is 1. The Labute approximate surface area is 141 Å². The van der Waals surface area contributed by atoms with E-state index in [0.29, 0.717) is 11.3 Å². The molecule has 0 aliphatic rings. The van der Waals surface area contributed by atoms with Gasteiger partial charge in [0.05, 0.1) is 0 Å². The van der Waals surface area contributed by atoms with Gasteiger partial charge in [-0.05, 0) is 42.0 Å². The van der Waals surface area contributed by atoms with Crippen LogP contribution >= 0.6 is 15.9 Å². The Morgan fingerprint density at radius 3 is 2.70 bits per heavy atom. The second-order valence-corrected chi connectivity index (χ2v) is 5.53. The van der Waals surface area contributed by atoms with Crippen LogP contribution in [-0.4, -0.2) is 11.9 Å². The topological polar surface area (TPSA) is 55.4 Å². The average Bonchev–Trinajstić information content (AvgIpc) is 2.47. The summed E-state index contributed by atoms with van der Waals surface area (Å²) < 4.78 is 19.1. The molecule has 0 atom stereocenters. The van der Waals surface area contributed by atoms with E-state index in [9.17, 15) is 14.0 Å². The van der Waals surface area contributed by atoms with Gasteiger partial charge in [-0.2, -0.15) is 0 Å². The molecule has 0 radical (unpaired) electrons. The lowest BCUT2D eigenvalue weighted by Gasteiger charge is -2.04. The molecule has 0 fully saturated rings. The third-order valence-electron chi connectivity index (χ3n) is 2.73. The minimum Gasteiger partial charge on any atom is -0.424 e. The van der Waals surface area contributed by atoms with Crippen LogP contribution in [-0.2, 0) is 9.59 Å². The summed E-state index contributed by atoms with van der Waals surface area (Å²) in [5, 5.41) is 2.70. The fourth-order valence-electron chi connectivity index (χ4n) is 1.78. The molecule has 0 heterocycles. The highest BCUT2D eigenvalue weighted by Crippen LogP contribution is 2.20. The lowest BCUT2D eigenvalue weighted by atomic mass is 10.2. The predicted octanol–water partition coefficient (Wildman–Crippen LogP) is 4.17. The van der Waals surface area contributed by atoms with Crippen molar-refractivity contribution in [3.8, 4) is 5.75 Å². The summed E-state index contributed by atoms with van der Waals surface area (Å²) >= 11 is 3.32. The zero-order valence-electron chi connectivity index (χ0n) is 12.2. The molecule has 0 aliphatic heterocycles. The van der Waals surface area contributed by atoms with Gasteiger partial charge in [-0.3, -0.25) is 9.59 Å². The smallest absolute Gasteiger partial charge is 0.308 e. The van der Waals surface area contributed by atoms with Crippen LogP contribution in [0.25, 0.3) is 6.08 Å². The molecule has 6 heteroatoms. The second-order valence-electron chi connectivity index (χ2n) is 4.62. The van der Waals surface area contributed by atoms with E-state index < -0.39 is 11.8 Å². The summed E-state index contributed by atoms with van der Waals surface area (Å²) in [6, 6.07) is 11.2. The summed E-state index contributed by atoms with van der Waals surface area (Å²) in [5.74, 6) is -1.76. The van der Waals surface area contributed by atoms with Crippen molar-refractivity contribution in [3.63, 3.8) is 0 Å². The van der Waals surface area contributed by atoms with Gasteiger partial charge in [0.2, 0.25) is 5.91 Å². The van der Waals surface area contributed by atoms with Gasteiger partial charge < -0.3 is 10.1 Å². The SMILES string of the molecule is CC(=O)Oc1cc(C=CC(=O)Nc2cccc(Br)c2)ccc1F. The van der Waals surface area contributed by atoms with Gasteiger partial charge in [-0.15, -0.1) is 0 Å². The second kappa shape index (κ2) is 7.69. The van der Waals surface area contributed by atoms with Crippen LogP contribution in [0.15, 0.2) is 53.0 Å². The first kappa shape index (κ1) is 16.9. The summed E-state index contributed by atoms with van der Waals surface area (Å²) in [6.45, 7) is 1.19. The Morgan fingerprint density at radius 2 is 2.00 bits per heavy atom. The molecular weight excluding hydrogens is 365 g/mol. The van der Waals surface area contributed by atoms with Crippen LogP contribution in [0, 0.1) is 5.82 Å². The van der Waals surface area contributed by atoms with Gasteiger partial charge in [0.25, 0.3) is 0 Å². The maximum absolute atomic E-state index is 13.5. The number of benzene rings is 2. The van der Waals surface area contributed by atoms with Crippen LogP contribution in [0.5, 0.6) is 5.75 Å². The molecular formula is C17H13BrFNO3. The van der Waals surface area contributed by atoms with Gasteiger partial charge in [0, 0.05) is 23.2 Å². The van der Waals surface area contributed by atoms with E-state index in [1.165, 1.54) is 37.3 Å². The lowest BCUT2D eigenvalue weighted by Crippen LogP contribution is -2.07. The number of hydrogen-bond donors (Lipinski definition) is 1. The van der Waals surface area contributed by atoms with Crippen molar-refractivity contribution in [2.45, 2.75) is 6.92 Å². The fraction of sp³-hybridized carbons (Fsp3) is 0.0588. The highest BCUT2D eigenvalue weighted by atomic mass is 79.9. The zero-order valence-corrected chi connectivity index (χ0v) is 13.8. The van der Waals surface area contributed by atoms with E-state index in [2.05, 4.69) is 21.2 Å². The van der Waals surface area contributed by atoms with Gasteiger partial charge >= 0.3 is 5.97 Å². The van der Waals surface area contributed by atoms with Crippen molar-refractivity contribution in [3.05, 3.63) is 64.4 Å². The molecule has 0 spiro atoms. The minimum atomic E-state index is -0.643. The number of nitrogens with one attached hydrogen (secondary N) is 1. The number of rotatable bonds is 4. The number of carbonyl (C=O) groups is 2. The van der Waals surface area contributed by atoms with E-state index >= 15 is 0 Å². The monoisotopic (exact) mass is 377 g/mol. The molecule has 0 unspecified atom stereocenters. The van der Waals surface area contributed by atoms with Crippen LogP contribution in [0.4, 0.5) is 10.1 Å². The quantitative estimate of drug-likeness (QED) is 0.494. The Kier molecular flexibility index (Phi) is 5.65. The van der Waals surface area contributed by atoms with Crippen molar-refractivity contribution < 1.29 is 18.7 Å². The van der Waals surface area contributed by atoms with Gasteiger partial charge in [0.1, 0.15) is 0 Å². The van der Waals surface area contributed by atoms with E-state index in [1.54, 1.807) is 18.2 Å². The number of ether oxygens (including phenoxy) is 1. The number of halogens is 2. The standard InChI is InChI=1S/C17H13BrFNO3/c1-11(21)23-16-9-12(5-7-15(16)19)6-8-17(22)20-14-4-2-3-13(18)10-14/h2-10H,1H3,(H,20,22). The predicted molar refractivity (Wildman–Crippen MR) is 89.5 cm³/mol. The number of hydrogen-bond acceptors (Lipinski definition) is 3. The Morgan fingerprint density at radius 1 is 1.22 bits per heavy atom. The highest BCUT2D eigenvalue weighted by molar-refractivity contribution is 9.10. The molecule has 0 saturated carbocycles. The molecule has 1 amide bonds. The lowest BCUT2D eigenvalue weighted by molar-refractivity contribution is -0.132. The summed E-state index contributed by atoms with van der Waals surface area (Å²) in [4.78, 5) is 22.8. The van der Waals surface area contributed by atoms with Crippen molar-refractivity contribution in [1.29, 1.82) is 0 Å². The van der Waals surface area contributed by atoms with Gasteiger partial charge in [-0.25, -0.2) is 4.39 Å². The molecule has 0 saturated heterocycles. The van der Waals surface area contributed by atoms with E-state index in [-0.39, 0.29) is 11.7 Å². The Bertz CT molecular complexity index is 774. The highest BCUT2D eigenvalue weighted by Gasteiger charge is 2.06. The molecule has 118 valence electrons. The van der Waals surface area contributed by atoms with Crippen molar-refractivity contribution >= 4 is 39.6 Å². The molecule has 2 aromatic rings. The molecule has 1 N–H and O–H groups in total. The molecule has 0 bridgehead atoms. The summed E-state index contributed by atoms with van der Waals surface area (Å²) in [7, 11) is 0. The first-order valence-corrected chi connectivity index (χ1v) is 7.46. The van der Waals surface area contributed by atoms with Crippen LogP contribution in [0.3, 0.4) is 0 Å². The van der Waals surface area contributed by atoms with E-state index in [4.69, 9.17) is 4.74 Å². The van der Waals surface area contributed by atoms with Crippen LogP contribution in [0.1, 0.15) is 12.5 Å². The number of amides is 1. The first-order valence-electron chi connectivity index (χ1n) is 6.66. The maximum Gasteiger partial charge on any atom is 0.308 e. The Balaban J connectivity index is 2.07. The van der Waals surface area contributed by atoms with Gasteiger partial charge in [-0.1, -0.05) is 28.1 Å². The molecule has 2 rings (SSSR count). The Hall–Kier alpha value is -2.47. The molecule has 2 aromatic carbocycles. The van der Waals surface area contributed by atoms with Gasteiger partial charge in [0.15, 0.2) is 11.6 Å². The first-order chi connectivity index (χ1) is 10.9. The third-order valence-corrected chi connectivity index (χ3v) is 3.22. The molecule has 23 heavy (non-hydrogen) atoms. The van der Waals surface area contributed by atoms with Crippen molar-refractivity contribution in [1.82, 2.24) is 0 Å². The molecule has 0 aliphatic carbocycles. The largest absolute Gasteiger partial charge is 0.424 e. The molecule has 0 aromatic heterocycles. The van der Waals surface area contributed by atoms with Crippen LogP contribution < -0.4 is 10.1 Å². The maximum atomic E-state index is 13.5. The normalized spacial score (nSPS) is 10.6. The summed E-state index contributed by atoms with van der Waals surface area (Å²) in [6.07, 6.45) is 2.81. The number of anilines is 1. The minimum absolute atomic E-state index is 0.174.